The number of hydrogen-bond donors (Lipinski definition) is 1. The van der Waals surface area contributed by atoms with Gasteiger partial charge in [-0.2, -0.15) is 5.10 Å². The minimum absolute atomic E-state index is 0.00101. The lowest BCUT2D eigenvalue weighted by Gasteiger charge is -2.37. The van der Waals surface area contributed by atoms with E-state index in [2.05, 4.69) is 5.10 Å². The first-order valence-electron chi connectivity index (χ1n) is 7.32. The number of morpholine rings is 1. The van der Waals surface area contributed by atoms with Gasteiger partial charge in [0.15, 0.2) is 0 Å². The van der Waals surface area contributed by atoms with Crippen LogP contribution < -0.4 is 0 Å². The van der Waals surface area contributed by atoms with Crippen LogP contribution in [-0.2, 0) is 4.74 Å². The Morgan fingerprint density at radius 2 is 2.18 bits per heavy atom. The third kappa shape index (κ3) is 2.88. The molecule has 22 heavy (non-hydrogen) atoms. The van der Waals surface area contributed by atoms with Gasteiger partial charge in [-0.05, 0) is 37.3 Å². The molecule has 2 unspecified atom stereocenters. The summed E-state index contributed by atoms with van der Waals surface area (Å²) in [5.41, 5.74) is 1.53. The van der Waals surface area contributed by atoms with Gasteiger partial charge in [0.25, 0.3) is 5.91 Å². The number of nitrogens with zero attached hydrogens (tertiary/aromatic N) is 3. The lowest BCUT2D eigenvalue weighted by atomic mass is 10.1. The zero-order valence-corrected chi connectivity index (χ0v) is 12.4. The van der Waals surface area contributed by atoms with E-state index in [0.29, 0.717) is 18.7 Å². The van der Waals surface area contributed by atoms with Gasteiger partial charge < -0.3 is 14.7 Å². The highest BCUT2D eigenvalue weighted by atomic mass is 16.5. The van der Waals surface area contributed by atoms with Crippen LogP contribution in [0.15, 0.2) is 42.7 Å². The van der Waals surface area contributed by atoms with Gasteiger partial charge in [-0.15, -0.1) is 0 Å². The summed E-state index contributed by atoms with van der Waals surface area (Å²) in [6, 6.07) is 9.19. The van der Waals surface area contributed by atoms with E-state index < -0.39 is 0 Å². The third-order valence-corrected chi connectivity index (χ3v) is 3.85. The summed E-state index contributed by atoms with van der Waals surface area (Å²) in [6.45, 7) is 2.73. The molecule has 1 fully saturated rings. The first-order valence-corrected chi connectivity index (χ1v) is 7.32. The highest BCUT2D eigenvalue weighted by molar-refractivity contribution is 5.94. The van der Waals surface area contributed by atoms with Gasteiger partial charge in [0.1, 0.15) is 0 Å². The Morgan fingerprint density at radius 3 is 2.82 bits per heavy atom. The summed E-state index contributed by atoms with van der Waals surface area (Å²) in [4.78, 5) is 14.4. The average Bonchev–Trinajstić information content (AvgIpc) is 3.09. The van der Waals surface area contributed by atoms with E-state index in [1.54, 1.807) is 27.9 Å². The van der Waals surface area contributed by atoms with Crippen LogP contribution >= 0.6 is 0 Å². The SMILES string of the molecule is CC1COC(CO)CN1C(=O)c1ccc(-n2cccn2)cc1. The Hall–Kier alpha value is -2.18. The number of rotatable bonds is 3. The average molecular weight is 301 g/mol. The maximum absolute atomic E-state index is 12.6. The fraction of sp³-hybridized carbons (Fsp3) is 0.375. The van der Waals surface area contributed by atoms with Crippen molar-refractivity contribution in [3.05, 3.63) is 48.3 Å². The third-order valence-electron chi connectivity index (χ3n) is 3.85. The smallest absolute Gasteiger partial charge is 0.254 e. The maximum Gasteiger partial charge on any atom is 0.254 e. The van der Waals surface area contributed by atoms with Gasteiger partial charge in [0.2, 0.25) is 0 Å². The number of benzene rings is 1. The summed E-state index contributed by atoms with van der Waals surface area (Å²) in [6.07, 6.45) is 3.26. The van der Waals surface area contributed by atoms with Crippen LogP contribution in [-0.4, -0.2) is 57.6 Å². The molecule has 6 heteroatoms. The molecule has 1 saturated heterocycles. The Morgan fingerprint density at radius 1 is 1.41 bits per heavy atom. The molecule has 1 N–H and O–H groups in total. The maximum atomic E-state index is 12.6. The fourth-order valence-corrected chi connectivity index (χ4v) is 2.55. The first kappa shape index (κ1) is 14.7. The zero-order chi connectivity index (χ0) is 15.5. The normalized spacial score (nSPS) is 21.8. The van der Waals surface area contributed by atoms with Crippen molar-refractivity contribution in [2.24, 2.45) is 0 Å². The van der Waals surface area contributed by atoms with Crippen LogP contribution in [0.3, 0.4) is 0 Å². The summed E-state index contributed by atoms with van der Waals surface area (Å²) in [5, 5.41) is 13.4. The Bertz CT molecular complexity index is 625. The molecule has 0 radical (unpaired) electrons. The molecule has 2 atom stereocenters. The largest absolute Gasteiger partial charge is 0.394 e. The van der Waals surface area contributed by atoms with Crippen molar-refractivity contribution in [1.82, 2.24) is 14.7 Å². The molecule has 2 aromatic rings. The summed E-state index contributed by atoms with van der Waals surface area (Å²) >= 11 is 0. The van der Waals surface area contributed by atoms with Crippen LogP contribution in [0.5, 0.6) is 0 Å². The summed E-state index contributed by atoms with van der Waals surface area (Å²) in [7, 11) is 0. The molecule has 2 heterocycles. The van der Waals surface area contributed by atoms with Crippen molar-refractivity contribution < 1.29 is 14.6 Å². The second-order valence-corrected chi connectivity index (χ2v) is 5.44. The van der Waals surface area contributed by atoms with Crippen molar-refractivity contribution in [3.8, 4) is 5.69 Å². The highest BCUT2D eigenvalue weighted by Crippen LogP contribution is 2.17. The second kappa shape index (κ2) is 6.29. The van der Waals surface area contributed by atoms with Gasteiger partial charge in [0.05, 0.1) is 31.0 Å². The predicted octanol–water partition coefficient (Wildman–Crippen LogP) is 1.09. The van der Waals surface area contributed by atoms with Crippen LogP contribution in [0.4, 0.5) is 0 Å². The number of carbonyl (C=O) groups is 1. The topological polar surface area (TPSA) is 67.6 Å². The molecule has 0 saturated carbocycles. The second-order valence-electron chi connectivity index (χ2n) is 5.44. The minimum atomic E-state index is -0.302. The molecule has 0 bridgehead atoms. The molecular weight excluding hydrogens is 282 g/mol. The Kier molecular flexibility index (Phi) is 4.22. The van der Waals surface area contributed by atoms with E-state index in [-0.39, 0.29) is 24.7 Å². The lowest BCUT2D eigenvalue weighted by Crippen LogP contribution is -2.52. The van der Waals surface area contributed by atoms with Crippen LogP contribution in [0.1, 0.15) is 17.3 Å². The molecule has 1 aliphatic heterocycles. The van der Waals surface area contributed by atoms with Crippen molar-refractivity contribution in [1.29, 1.82) is 0 Å². The number of carbonyl (C=O) groups excluding carboxylic acids is 1. The molecule has 0 spiro atoms. The van der Waals surface area contributed by atoms with E-state index >= 15 is 0 Å². The number of ether oxygens (including phenoxy) is 1. The fourth-order valence-electron chi connectivity index (χ4n) is 2.55. The number of aliphatic hydroxyl groups excluding tert-OH is 1. The van der Waals surface area contributed by atoms with Crippen LogP contribution in [0.25, 0.3) is 5.69 Å². The predicted molar refractivity (Wildman–Crippen MR) is 80.9 cm³/mol. The molecule has 1 aromatic carbocycles. The molecule has 3 rings (SSSR count). The Balaban J connectivity index is 1.77. The zero-order valence-electron chi connectivity index (χ0n) is 12.4. The van der Waals surface area contributed by atoms with E-state index in [0.717, 1.165) is 5.69 Å². The van der Waals surface area contributed by atoms with Gasteiger partial charge in [-0.25, -0.2) is 4.68 Å². The quantitative estimate of drug-likeness (QED) is 0.921. The van der Waals surface area contributed by atoms with Gasteiger partial charge in [0, 0.05) is 24.5 Å². The number of hydrogen-bond acceptors (Lipinski definition) is 4. The van der Waals surface area contributed by atoms with Crippen LogP contribution in [0.2, 0.25) is 0 Å². The molecule has 1 amide bonds. The highest BCUT2D eigenvalue weighted by Gasteiger charge is 2.29. The standard InChI is InChI=1S/C16H19N3O3/c1-12-11-22-15(10-20)9-18(12)16(21)13-3-5-14(6-4-13)19-8-2-7-17-19/h2-8,12,15,20H,9-11H2,1H3. The summed E-state index contributed by atoms with van der Waals surface area (Å²) < 4.78 is 7.21. The van der Waals surface area contributed by atoms with E-state index in [1.807, 2.05) is 31.3 Å². The number of aliphatic hydroxyl groups is 1. The molecular formula is C16H19N3O3. The minimum Gasteiger partial charge on any atom is -0.394 e. The van der Waals surface area contributed by atoms with Gasteiger partial charge in [-0.1, -0.05) is 0 Å². The first-order chi connectivity index (χ1) is 10.7. The van der Waals surface area contributed by atoms with Gasteiger partial charge >= 0.3 is 0 Å². The Labute approximate surface area is 128 Å². The monoisotopic (exact) mass is 301 g/mol. The van der Waals surface area contributed by atoms with E-state index in [4.69, 9.17) is 4.74 Å². The van der Waals surface area contributed by atoms with Gasteiger partial charge in [-0.3, -0.25) is 4.79 Å². The summed E-state index contributed by atoms with van der Waals surface area (Å²) in [5.74, 6) is -0.0405. The molecule has 0 aliphatic carbocycles. The lowest BCUT2D eigenvalue weighted by molar-refractivity contribution is -0.0667. The van der Waals surface area contributed by atoms with Crippen molar-refractivity contribution in [2.45, 2.75) is 19.1 Å². The molecule has 6 nitrogen and oxygen atoms in total. The number of amides is 1. The van der Waals surface area contributed by atoms with E-state index in [1.165, 1.54) is 0 Å². The molecule has 116 valence electrons. The van der Waals surface area contributed by atoms with Crippen molar-refractivity contribution in [2.75, 3.05) is 19.8 Å². The molecule has 1 aromatic heterocycles. The van der Waals surface area contributed by atoms with Crippen molar-refractivity contribution >= 4 is 5.91 Å². The van der Waals surface area contributed by atoms with E-state index in [9.17, 15) is 9.90 Å². The van der Waals surface area contributed by atoms with Crippen LogP contribution in [0, 0.1) is 0 Å². The van der Waals surface area contributed by atoms with Crippen molar-refractivity contribution in [3.63, 3.8) is 0 Å². The molecule has 1 aliphatic rings. The number of aromatic nitrogens is 2.